The molecule has 0 radical (unpaired) electrons. The molecule has 1 amide bonds. The number of pyridine rings is 1. The lowest BCUT2D eigenvalue weighted by Crippen LogP contribution is -2.42. The number of imidazole rings is 1. The van der Waals surface area contributed by atoms with Gasteiger partial charge in [-0.1, -0.05) is 12.1 Å². The molecule has 3 aromatic rings. The van der Waals surface area contributed by atoms with E-state index >= 15 is 0 Å². The molecular formula is C19H18F3N5O. The largest absolute Gasteiger partial charge is 0.419 e. The normalized spacial score (nSPS) is 17.7. The highest BCUT2D eigenvalue weighted by molar-refractivity contribution is 5.93. The van der Waals surface area contributed by atoms with Gasteiger partial charge in [0, 0.05) is 19.3 Å². The Morgan fingerprint density at radius 2 is 2.04 bits per heavy atom. The van der Waals surface area contributed by atoms with Crippen LogP contribution >= 0.6 is 0 Å². The highest BCUT2D eigenvalue weighted by Crippen LogP contribution is 2.36. The first kappa shape index (κ1) is 18.3. The van der Waals surface area contributed by atoms with Crippen LogP contribution in [-0.4, -0.2) is 33.9 Å². The number of halogens is 3. The Hall–Kier alpha value is -3.10. The van der Waals surface area contributed by atoms with Gasteiger partial charge in [0.1, 0.15) is 5.82 Å². The van der Waals surface area contributed by atoms with E-state index in [1.54, 1.807) is 0 Å². The van der Waals surface area contributed by atoms with Gasteiger partial charge >= 0.3 is 6.18 Å². The van der Waals surface area contributed by atoms with Crippen molar-refractivity contribution in [1.82, 2.24) is 15.0 Å². The molecule has 2 N–H and O–H groups in total. The number of nitrogens with one attached hydrogen (secondary N) is 2. The van der Waals surface area contributed by atoms with Crippen molar-refractivity contribution in [1.29, 1.82) is 0 Å². The van der Waals surface area contributed by atoms with Crippen molar-refractivity contribution >= 4 is 28.7 Å². The summed E-state index contributed by atoms with van der Waals surface area (Å²) < 4.78 is 39.9. The van der Waals surface area contributed by atoms with E-state index in [9.17, 15) is 18.0 Å². The molecular weight excluding hydrogens is 371 g/mol. The smallest absolute Gasteiger partial charge is 0.355 e. The number of aromatic nitrogens is 3. The third-order valence-corrected chi connectivity index (χ3v) is 4.81. The number of para-hydroxylation sites is 2. The van der Waals surface area contributed by atoms with Gasteiger partial charge in [-0.3, -0.25) is 10.1 Å². The second kappa shape index (κ2) is 7.14. The summed E-state index contributed by atoms with van der Waals surface area (Å²) in [4.78, 5) is 25.5. The Morgan fingerprint density at radius 1 is 1.21 bits per heavy atom. The molecule has 1 atom stereocenters. The van der Waals surface area contributed by atoms with Crippen LogP contribution in [0.15, 0.2) is 42.6 Å². The average Bonchev–Trinajstić information content (AvgIpc) is 3.09. The van der Waals surface area contributed by atoms with Crippen molar-refractivity contribution in [2.75, 3.05) is 23.3 Å². The molecule has 28 heavy (non-hydrogen) atoms. The maximum absolute atomic E-state index is 13.3. The van der Waals surface area contributed by atoms with E-state index in [0.717, 1.165) is 17.1 Å². The Bertz CT molecular complexity index is 967. The fraction of sp³-hybridized carbons (Fsp3) is 0.316. The van der Waals surface area contributed by atoms with Crippen molar-refractivity contribution in [3.8, 4) is 0 Å². The Labute approximate surface area is 158 Å². The van der Waals surface area contributed by atoms with E-state index in [1.165, 1.54) is 17.2 Å². The standard InChI is InChI=1S/C19H18F3N5O/c20-19(21,22)13-6-3-9-23-16(13)27-10-4-5-12(11-27)17(28)26-18-24-14-7-1-2-8-15(14)25-18/h1-3,6-9,12H,4-5,10-11H2,(H2,24,25,26,28). The first-order chi connectivity index (χ1) is 13.4. The molecule has 0 spiro atoms. The minimum Gasteiger partial charge on any atom is -0.355 e. The zero-order chi connectivity index (χ0) is 19.7. The van der Waals surface area contributed by atoms with Crippen LogP contribution in [0.1, 0.15) is 18.4 Å². The number of hydrogen-bond acceptors (Lipinski definition) is 4. The van der Waals surface area contributed by atoms with Crippen LogP contribution < -0.4 is 10.2 Å². The minimum absolute atomic E-state index is 0.128. The second-order valence-corrected chi connectivity index (χ2v) is 6.75. The molecule has 1 aliphatic rings. The molecule has 6 nitrogen and oxygen atoms in total. The number of aromatic amines is 1. The molecule has 1 saturated heterocycles. The number of carbonyl (C=O) groups is 1. The van der Waals surface area contributed by atoms with Crippen LogP contribution in [0.4, 0.5) is 24.9 Å². The van der Waals surface area contributed by atoms with E-state index in [1.807, 2.05) is 24.3 Å². The third-order valence-electron chi connectivity index (χ3n) is 4.81. The lowest BCUT2D eigenvalue weighted by Gasteiger charge is -2.34. The summed E-state index contributed by atoms with van der Waals surface area (Å²) in [7, 11) is 0. The van der Waals surface area contributed by atoms with Gasteiger partial charge in [0.05, 0.1) is 22.5 Å². The fourth-order valence-corrected chi connectivity index (χ4v) is 3.48. The van der Waals surface area contributed by atoms with Gasteiger partial charge in [-0.15, -0.1) is 0 Å². The number of nitrogens with zero attached hydrogens (tertiary/aromatic N) is 3. The van der Waals surface area contributed by atoms with Crippen LogP contribution in [0.3, 0.4) is 0 Å². The van der Waals surface area contributed by atoms with Crippen LogP contribution in [-0.2, 0) is 11.0 Å². The lowest BCUT2D eigenvalue weighted by atomic mass is 9.96. The van der Waals surface area contributed by atoms with Crippen molar-refractivity contribution in [3.05, 3.63) is 48.2 Å². The van der Waals surface area contributed by atoms with Crippen molar-refractivity contribution < 1.29 is 18.0 Å². The molecule has 0 bridgehead atoms. The van der Waals surface area contributed by atoms with E-state index in [-0.39, 0.29) is 18.3 Å². The summed E-state index contributed by atoms with van der Waals surface area (Å²) in [5.41, 5.74) is 0.742. The average molecular weight is 389 g/mol. The van der Waals surface area contributed by atoms with E-state index in [0.29, 0.717) is 25.3 Å². The van der Waals surface area contributed by atoms with Gasteiger partial charge in [-0.05, 0) is 37.1 Å². The number of amides is 1. The maximum Gasteiger partial charge on any atom is 0.419 e. The minimum atomic E-state index is -4.49. The number of alkyl halides is 3. The van der Waals surface area contributed by atoms with Gasteiger partial charge in [-0.2, -0.15) is 13.2 Å². The van der Waals surface area contributed by atoms with Gasteiger partial charge in [0.2, 0.25) is 11.9 Å². The van der Waals surface area contributed by atoms with E-state index in [4.69, 9.17) is 0 Å². The molecule has 9 heteroatoms. The summed E-state index contributed by atoms with van der Waals surface area (Å²) in [6.45, 7) is 0.598. The zero-order valence-electron chi connectivity index (χ0n) is 14.8. The zero-order valence-corrected chi connectivity index (χ0v) is 14.8. The van der Waals surface area contributed by atoms with Crippen LogP contribution in [0.2, 0.25) is 0 Å². The van der Waals surface area contributed by atoms with Crippen LogP contribution in [0.25, 0.3) is 11.0 Å². The molecule has 0 saturated carbocycles. The molecule has 3 heterocycles. The Balaban J connectivity index is 1.50. The highest BCUT2D eigenvalue weighted by atomic mass is 19.4. The van der Waals surface area contributed by atoms with Gasteiger partial charge in [-0.25, -0.2) is 9.97 Å². The first-order valence-electron chi connectivity index (χ1n) is 8.94. The number of rotatable bonds is 3. The number of H-pyrrole nitrogens is 1. The number of anilines is 2. The lowest BCUT2D eigenvalue weighted by molar-refractivity contribution is -0.137. The van der Waals surface area contributed by atoms with Crippen molar-refractivity contribution in [2.45, 2.75) is 19.0 Å². The summed E-state index contributed by atoms with van der Waals surface area (Å²) in [6, 6.07) is 9.65. The molecule has 1 aliphatic heterocycles. The van der Waals surface area contributed by atoms with Gasteiger partial charge in [0.25, 0.3) is 0 Å². The van der Waals surface area contributed by atoms with Gasteiger partial charge in [0.15, 0.2) is 0 Å². The van der Waals surface area contributed by atoms with Crippen LogP contribution in [0, 0.1) is 5.92 Å². The summed E-state index contributed by atoms with van der Waals surface area (Å²) in [5, 5.41) is 2.74. The molecule has 1 fully saturated rings. The number of fused-ring (bicyclic) bond motifs is 1. The quantitative estimate of drug-likeness (QED) is 0.714. The number of piperidine rings is 1. The predicted molar refractivity (Wildman–Crippen MR) is 98.9 cm³/mol. The first-order valence-corrected chi connectivity index (χ1v) is 8.94. The summed E-state index contributed by atoms with van der Waals surface area (Å²) >= 11 is 0. The number of carbonyl (C=O) groups excluding carboxylic acids is 1. The molecule has 1 aromatic carbocycles. The van der Waals surface area contributed by atoms with E-state index < -0.39 is 17.7 Å². The maximum atomic E-state index is 13.3. The number of benzene rings is 1. The van der Waals surface area contributed by atoms with E-state index in [2.05, 4.69) is 20.3 Å². The SMILES string of the molecule is O=C(Nc1nc2ccccc2[nH]1)C1CCCN(c2ncccc2C(F)(F)F)C1. The topological polar surface area (TPSA) is 73.9 Å². The molecule has 4 rings (SSSR count). The molecule has 146 valence electrons. The molecule has 1 unspecified atom stereocenters. The highest BCUT2D eigenvalue weighted by Gasteiger charge is 2.37. The fourth-order valence-electron chi connectivity index (χ4n) is 3.48. The Morgan fingerprint density at radius 3 is 2.82 bits per heavy atom. The van der Waals surface area contributed by atoms with Crippen LogP contribution in [0.5, 0.6) is 0 Å². The summed E-state index contributed by atoms with van der Waals surface area (Å²) in [6.07, 6.45) is -1.96. The predicted octanol–water partition coefficient (Wildman–Crippen LogP) is 3.83. The second-order valence-electron chi connectivity index (χ2n) is 6.75. The third kappa shape index (κ3) is 3.64. The molecule has 0 aliphatic carbocycles. The monoisotopic (exact) mass is 389 g/mol. The molecule has 2 aromatic heterocycles. The Kier molecular flexibility index (Phi) is 4.66. The van der Waals surface area contributed by atoms with Crippen molar-refractivity contribution in [2.24, 2.45) is 5.92 Å². The summed E-state index contributed by atoms with van der Waals surface area (Å²) in [5.74, 6) is -0.522. The van der Waals surface area contributed by atoms with Gasteiger partial charge < -0.3 is 9.88 Å². The number of hydrogen-bond donors (Lipinski definition) is 2. The van der Waals surface area contributed by atoms with Crippen molar-refractivity contribution in [3.63, 3.8) is 0 Å².